The summed E-state index contributed by atoms with van der Waals surface area (Å²) in [5.74, 6) is 0. The second-order valence-corrected chi connectivity index (χ2v) is 7.46. The Morgan fingerprint density at radius 1 is 1.25 bits per heavy atom. The highest BCUT2D eigenvalue weighted by atomic mass is 32.2. The maximum absolute atomic E-state index is 12.7. The molecule has 2 rings (SSSR count). The largest absolute Gasteiger partial charge is 0.396 e. The van der Waals surface area contributed by atoms with Crippen LogP contribution in [-0.4, -0.2) is 37.0 Å². The molecule has 20 heavy (non-hydrogen) atoms. The molecule has 1 aliphatic carbocycles. The first-order valence-electron chi connectivity index (χ1n) is 7.21. The van der Waals surface area contributed by atoms with E-state index in [4.69, 9.17) is 5.11 Å². The van der Waals surface area contributed by atoms with Gasteiger partial charge in [-0.25, -0.2) is 8.42 Å². The lowest BCUT2D eigenvalue weighted by molar-refractivity contribution is 0.258. The van der Waals surface area contributed by atoms with Gasteiger partial charge in [0.05, 0.1) is 4.90 Å². The van der Waals surface area contributed by atoms with E-state index in [0.29, 0.717) is 17.9 Å². The van der Waals surface area contributed by atoms with Crippen molar-refractivity contribution < 1.29 is 13.5 Å². The molecule has 0 spiro atoms. The summed E-state index contributed by atoms with van der Waals surface area (Å²) in [4.78, 5) is 0.379. The topological polar surface area (TPSA) is 57.6 Å². The molecule has 112 valence electrons. The van der Waals surface area contributed by atoms with Gasteiger partial charge >= 0.3 is 0 Å². The fourth-order valence-electron chi connectivity index (χ4n) is 2.73. The highest BCUT2D eigenvalue weighted by Gasteiger charge is 2.27. The molecular formula is C15H23NO3S. The molecule has 4 nitrogen and oxygen atoms in total. The van der Waals surface area contributed by atoms with Crippen LogP contribution in [0.5, 0.6) is 0 Å². The van der Waals surface area contributed by atoms with E-state index in [9.17, 15) is 8.42 Å². The Labute approximate surface area is 121 Å². The van der Waals surface area contributed by atoms with Gasteiger partial charge in [-0.05, 0) is 62.8 Å². The van der Waals surface area contributed by atoms with E-state index in [-0.39, 0.29) is 12.6 Å². The zero-order valence-corrected chi connectivity index (χ0v) is 13.0. The Morgan fingerprint density at radius 2 is 1.95 bits per heavy atom. The van der Waals surface area contributed by atoms with E-state index in [1.807, 2.05) is 26.0 Å². The van der Waals surface area contributed by atoms with Crippen molar-refractivity contribution in [3.05, 3.63) is 29.3 Å². The van der Waals surface area contributed by atoms with Crippen LogP contribution in [0.2, 0.25) is 0 Å². The zero-order chi connectivity index (χ0) is 14.8. The monoisotopic (exact) mass is 297 g/mol. The van der Waals surface area contributed by atoms with Crippen molar-refractivity contribution in [2.45, 2.75) is 50.5 Å². The molecule has 0 heterocycles. The molecule has 5 heteroatoms. The lowest BCUT2D eigenvalue weighted by Crippen LogP contribution is -2.38. The van der Waals surface area contributed by atoms with E-state index in [1.165, 1.54) is 9.87 Å². The number of sulfonamides is 1. The molecule has 0 unspecified atom stereocenters. The minimum absolute atomic E-state index is 0.00290. The summed E-state index contributed by atoms with van der Waals surface area (Å²) in [6.07, 6.45) is 3.59. The minimum atomic E-state index is -3.47. The van der Waals surface area contributed by atoms with Crippen molar-refractivity contribution in [3.8, 4) is 0 Å². The Bertz CT molecular complexity index is 566. The maximum Gasteiger partial charge on any atom is 0.243 e. The van der Waals surface area contributed by atoms with Crippen LogP contribution >= 0.6 is 0 Å². The Balaban J connectivity index is 2.32. The molecular weight excluding hydrogens is 274 g/mol. The molecule has 0 saturated carbocycles. The molecule has 0 aromatic heterocycles. The second kappa shape index (κ2) is 6.24. The molecule has 0 saturated heterocycles. The van der Waals surface area contributed by atoms with E-state index < -0.39 is 10.0 Å². The van der Waals surface area contributed by atoms with Gasteiger partial charge in [-0.15, -0.1) is 0 Å². The maximum atomic E-state index is 12.7. The fraction of sp³-hybridized carbons (Fsp3) is 0.600. The number of nitrogens with zero attached hydrogens (tertiary/aromatic N) is 1. The standard InChI is InChI=1S/C15H23NO3S/c1-12(2)16(9-4-10-17)20(18,19)15-8-7-13-5-3-6-14(13)11-15/h7-8,11-12,17H,3-6,9-10H2,1-2H3. The third kappa shape index (κ3) is 3.05. The van der Waals surface area contributed by atoms with E-state index in [1.54, 1.807) is 6.07 Å². The van der Waals surface area contributed by atoms with Crippen molar-refractivity contribution in [1.29, 1.82) is 0 Å². The average Bonchev–Trinajstić information content (AvgIpc) is 2.85. The van der Waals surface area contributed by atoms with Crippen molar-refractivity contribution >= 4 is 10.0 Å². The number of aliphatic hydroxyl groups excluding tert-OH is 1. The van der Waals surface area contributed by atoms with Crippen LogP contribution in [-0.2, 0) is 22.9 Å². The number of hydrogen-bond donors (Lipinski definition) is 1. The van der Waals surface area contributed by atoms with Crippen LogP contribution in [0.25, 0.3) is 0 Å². The second-order valence-electron chi connectivity index (χ2n) is 5.57. The van der Waals surface area contributed by atoms with E-state index in [2.05, 4.69) is 0 Å². The summed E-state index contributed by atoms with van der Waals surface area (Å²) in [5, 5.41) is 8.94. The lowest BCUT2D eigenvalue weighted by Gasteiger charge is -2.26. The van der Waals surface area contributed by atoms with Crippen molar-refractivity contribution in [3.63, 3.8) is 0 Å². The molecule has 1 N–H and O–H groups in total. The summed E-state index contributed by atoms with van der Waals surface area (Å²) in [6, 6.07) is 5.37. The smallest absolute Gasteiger partial charge is 0.243 e. The third-order valence-electron chi connectivity index (χ3n) is 3.79. The predicted octanol–water partition coefficient (Wildman–Crippen LogP) is 1.96. The molecule has 0 bridgehead atoms. The number of rotatable bonds is 6. The van der Waals surface area contributed by atoms with Gasteiger partial charge in [-0.3, -0.25) is 0 Å². The summed E-state index contributed by atoms with van der Waals surface area (Å²) >= 11 is 0. The predicted molar refractivity (Wildman–Crippen MR) is 79.2 cm³/mol. The number of fused-ring (bicyclic) bond motifs is 1. The number of benzene rings is 1. The summed E-state index contributed by atoms with van der Waals surface area (Å²) < 4.78 is 26.9. The molecule has 1 aliphatic rings. The highest BCUT2D eigenvalue weighted by Crippen LogP contribution is 2.27. The van der Waals surface area contributed by atoms with Crippen LogP contribution in [0, 0.1) is 0 Å². The van der Waals surface area contributed by atoms with Gasteiger partial charge < -0.3 is 5.11 Å². The molecule has 1 aromatic carbocycles. The van der Waals surface area contributed by atoms with Crippen LogP contribution in [0.15, 0.2) is 23.1 Å². The van der Waals surface area contributed by atoms with Crippen LogP contribution in [0.4, 0.5) is 0 Å². The van der Waals surface area contributed by atoms with Crippen molar-refractivity contribution in [1.82, 2.24) is 4.31 Å². The quantitative estimate of drug-likeness (QED) is 0.873. The molecule has 0 amide bonds. The first-order chi connectivity index (χ1) is 9.46. The van der Waals surface area contributed by atoms with E-state index >= 15 is 0 Å². The lowest BCUT2D eigenvalue weighted by atomic mass is 10.1. The van der Waals surface area contributed by atoms with Crippen LogP contribution < -0.4 is 0 Å². The minimum Gasteiger partial charge on any atom is -0.396 e. The normalized spacial score (nSPS) is 15.1. The Hall–Kier alpha value is -0.910. The van der Waals surface area contributed by atoms with Crippen LogP contribution in [0.3, 0.4) is 0 Å². The van der Waals surface area contributed by atoms with Gasteiger partial charge in [-0.1, -0.05) is 6.07 Å². The first kappa shape index (κ1) is 15.5. The van der Waals surface area contributed by atoms with Crippen molar-refractivity contribution in [2.75, 3.05) is 13.2 Å². The van der Waals surface area contributed by atoms with Gasteiger partial charge in [0, 0.05) is 19.2 Å². The summed E-state index contributed by atoms with van der Waals surface area (Å²) in [7, 11) is -3.47. The van der Waals surface area contributed by atoms with Gasteiger partial charge in [0.1, 0.15) is 0 Å². The average molecular weight is 297 g/mol. The molecule has 0 fully saturated rings. The third-order valence-corrected chi connectivity index (χ3v) is 5.86. The molecule has 1 aromatic rings. The first-order valence-corrected chi connectivity index (χ1v) is 8.65. The molecule has 0 atom stereocenters. The Kier molecular flexibility index (Phi) is 4.83. The highest BCUT2D eigenvalue weighted by molar-refractivity contribution is 7.89. The number of aliphatic hydroxyl groups is 1. The SMILES string of the molecule is CC(C)N(CCCO)S(=O)(=O)c1ccc2c(c1)CCC2. The zero-order valence-electron chi connectivity index (χ0n) is 12.2. The van der Waals surface area contributed by atoms with Crippen molar-refractivity contribution in [2.24, 2.45) is 0 Å². The van der Waals surface area contributed by atoms with E-state index in [0.717, 1.165) is 24.8 Å². The number of aryl methyl sites for hydroxylation is 2. The van der Waals surface area contributed by atoms with Gasteiger partial charge in [0.15, 0.2) is 0 Å². The van der Waals surface area contributed by atoms with Gasteiger partial charge in [0.2, 0.25) is 10.0 Å². The Morgan fingerprint density at radius 3 is 2.60 bits per heavy atom. The summed E-state index contributed by atoms with van der Waals surface area (Å²) in [6.45, 7) is 4.08. The van der Waals surface area contributed by atoms with Crippen LogP contribution in [0.1, 0.15) is 37.8 Å². The fourth-order valence-corrected chi connectivity index (χ4v) is 4.45. The molecule has 0 radical (unpaired) electrons. The van der Waals surface area contributed by atoms with Gasteiger partial charge in [-0.2, -0.15) is 4.31 Å². The summed E-state index contributed by atoms with van der Waals surface area (Å²) in [5.41, 5.74) is 2.44. The number of hydrogen-bond acceptors (Lipinski definition) is 3. The van der Waals surface area contributed by atoms with Gasteiger partial charge in [0.25, 0.3) is 0 Å². The molecule has 0 aliphatic heterocycles.